The average molecular weight is 330 g/mol. The summed E-state index contributed by atoms with van der Waals surface area (Å²) in [6.45, 7) is -1.02. The van der Waals surface area contributed by atoms with Crippen LogP contribution in [0.1, 0.15) is 6.92 Å². The number of rotatable bonds is 2. The van der Waals surface area contributed by atoms with Gasteiger partial charge in [-0.15, -0.1) is 0 Å². The first kappa shape index (κ1) is 19.1. The Hall–Kier alpha value is -0.850. The molecule has 0 bridgehead atoms. The first-order valence-corrected chi connectivity index (χ1v) is 4.28. The molecular formula is C7H5F11O2. The van der Waals surface area contributed by atoms with Crippen LogP contribution in [0.2, 0.25) is 0 Å². The fourth-order valence-electron chi connectivity index (χ4n) is 1.05. The maximum Gasteiger partial charge on any atom is 0.432 e. The summed E-state index contributed by atoms with van der Waals surface area (Å²) in [5, 5.41) is 16.7. The Balaban J connectivity index is 6.38. The van der Waals surface area contributed by atoms with Crippen molar-refractivity contribution in [2.45, 2.75) is 42.6 Å². The molecule has 0 aliphatic heterocycles. The lowest BCUT2D eigenvalue weighted by Gasteiger charge is -2.44. The molecule has 1 unspecified atom stereocenters. The molecule has 0 aromatic rings. The van der Waals surface area contributed by atoms with Crippen molar-refractivity contribution in [2.75, 3.05) is 0 Å². The van der Waals surface area contributed by atoms with Gasteiger partial charge in [0.15, 0.2) is 0 Å². The third kappa shape index (κ3) is 2.29. The minimum absolute atomic E-state index is 1.02. The van der Waals surface area contributed by atoms with E-state index in [-0.39, 0.29) is 0 Å². The molecule has 0 aromatic carbocycles. The predicted octanol–water partition coefficient (Wildman–Crippen LogP) is 2.79. The van der Waals surface area contributed by atoms with Gasteiger partial charge in [0.05, 0.1) is 0 Å². The van der Waals surface area contributed by atoms with E-state index in [1.165, 1.54) is 0 Å². The second-order valence-corrected chi connectivity index (χ2v) is 3.85. The molecule has 122 valence electrons. The third-order valence-electron chi connectivity index (χ3n) is 2.44. The van der Waals surface area contributed by atoms with E-state index in [4.69, 9.17) is 10.2 Å². The van der Waals surface area contributed by atoms with Crippen molar-refractivity contribution < 1.29 is 58.5 Å². The van der Waals surface area contributed by atoms with Crippen LogP contribution < -0.4 is 0 Å². The number of alkyl halides is 11. The first-order chi connectivity index (χ1) is 8.25. The molecule has 0 fully saturated rings. The average Bonchev–Trinajstić information content (AvgIpc) is 2.10. The Morgan fingerprint density at radius 1 is 0.550 bits per heavy atom. The Morgan fingerprint density at radius 2 is 0.800 bits per heavy atom. The van der Waals surface area contributed by atoms with E-state index in [0.29, 0.717) is 0 Å². The van der Waals surface area contributed by atoms with E-state index in [1.807, 2.05) is 0 Å². The molecule has 20 heavy (non-hydrogen) atoms. The molecule has 2 nitrogen and oxygen atoms in total. The van der Waals surface area contributed by atoms with Gasteiger partial charge >= 0.3 is 30.1 Å². The van der Waals surface area contributed by atoms with Crippen LogP contribution in [0.25, 0.3) is 0 Å². The van der Waals surface area contributed by atoms with Gasteiger partial charge in [0.1, 0.15) is 0 Å². The maximum atomic E-state index is 13.1. The third-order valence-corrected chi connectivity index (χ3v) is 2.44. The highest BCUT2D eigenvalue weighted by Gasteiger charge is 2.89. The molecule has 0 saturated heterocycles. The summed E-state index contributed by atoms with van der Waals surface area (Å²) in [5.41, 5.74) is -12.9. The molecule has 13 heteroatoms. The Morgan fingerprint density at radius 3 is 0.950 bits per heavy atom. The summed E-state index contributed by atoms with van der Waals surface area (Å²) in [5.74, 6) is -7.06. The molecular weight excluding hydrogens is 325 g/mol. The van der Waals surface area contributed by atoms with Gasteiger partial charge in [-0.1, -0.05) is 0 Å². The van der Waals surface area contributed by atoms with Gasteiger partial charge in [0.2, 0.25) is 5.60 Å². The van der Waals surface area contributed by atoms with Crippen LogP contribution in [0.15, 0.2) is 0 Å². The minimum Gasteiger partial charge on any atom is -0.376 e. The number of hydrogen-bond acceptors (Lipinski definition) is 2. The highest BCUT2D eigenvalue weighted by Crippen LogP contribution is 2.58. The van der Waals surface area contributed by atoms with Crippen molar-refractivity contribution in [1.29, 1.82) is 0 Å². The second kappa shape index (κ2) is 4.32. The molecule has 0 radical (unpaired) electrons. The first-order valence-electron chi connectivity index (χ1n) is 4.28. The zero-order valence-electron chi connectivity index (χ0n) is 9.05. The summed E-state index contributed by atoms with van der Waals surface area (Å²) in [6, 6.07) is 0. The zero-order chi connectivity index (χ0) is 17.0. The van der Waals surface area contributed by atoms with Crippen LogP contribution in [0, 0.1) is 0 Å². The van der Waals surface area contributed by atoms with E-state index in [0.717, 1.165) is 0 Å². The van der Waals surface area contributed by atoms with Gasteiger partial charge in [0.25, 0.3) is 0 Å². The van der Waals surface area contributed by atoms with E-state index in [1.54, 1.807) is 0 Å². The molecule has 0 saturated carbocycles. The molecule has 0 aliphatic carbocycles. The van der Waals surface area contributed by atoms with Crippen molar-refractivity contribution in [3.05, 3.63) is 0 Å². The van der Waals surface area contributed by atoms with Crippen LogP contribution in [-0.4, -0.2) is 45.9 Å². The van der Waals surface area contributed by atoms with Crippen LogP contribution in [-0.2, 0) is 0 Å². The molecule has 0 heterocycles. The van der Waals surface area contributed by atoms with Crippen molar-refractivity contribution in [1.82, 2.24) is 0 Å². The lowest BCUT2D eigenvalue weighted by atomic mass is 9.81. The van der Waals surface area contributed by atoms with Crippen molar-refractivity contribution >= 4 is 0 Å². The molecule has 0 rings (SSSR count). The summed E-state index contributed by atoms with van der Waals surface area (Å²) in [7, 11) is 0. The van der Waals surface area contributed by atoms with Gasteiger partial charge in [-0.2, -0.15) is 48.3 Å². The summed E-state index contributed by atoms with van der Waals surface area (Å²) >= 11 is 0. The topological polar surface area (TPSA) is 40.5 Å². The SMILES string of the molecule is CC(O)(C(F)(F)F)C(F)(F)C(O)(C(F)(F)F)C(F)(F)F. The van der Waals surface area contributed by atoms with Gasteiger partial charge in [-0.25, -0.2) is 0 Å². The Kier molecular flexibility index (Phi) is 4.14. The maximum absolute atomic E-state index is 13.1. The van der Waals surface area contributed by atoms with Crippen molar-refractivity contribution in [3.8, 4) is 0 Å². The normalized spacial score (nSPS) is 18.9. The van der Waals surface area contributed by atoms with E-state index in [9.17, 15) is 48.3 Å². The lowest BCUT2D eigenvalue weighted by Crippen LogP contribution is -2.76. The smallest absolute Gasteiger partial charge is 0.376 e. The molecule has 0 aliphatic rings. The zero-order valence-corrected chi connectivity index (χ0v) is 9.05. The van der Waals surface area contributed by atoms with Crippen LogP contribution in [0.5, 0.6) is 0 Å². The fourth-order valence-corrected chi connectivity index (χ4v) is 1.05. The predicted molar refractivity (Wildman–Crippen MR) is 38.7 cm³/mol. The van der Waals surface area contributed by atoms with Gasteiger partial charge in [-0.3, -0.25) is 0 Å². The quantitative estimate of drug-likeness (QED) is 0.765. The summed E-state index contributed by atoms with van der Waals surface area (Å²) < 4.78 is 135. The van der Waals surface area contributed by atoms with Crippen molar-refractivity contribution in [3.63, 3.8) is 0 Å². The van der Waals surface area contributed by atoms with Crippen LogP contribution in [0.3, 0.4) is 0 Å². The second-order valence-electron chi connectivity index (χ2n) is 3.85. The van der Waals surface area contributed by atoms with Gasteiger partial charge < -0.3 is 10.2 Å². The highest BCUT2D eigenvalue weighted by atomic mass is 19.4. The van der Waals surface area contributed by atoms with Crippen LogP contribution in [0.4, 0.5) is 48.3 Å². The molecule has 0 amide bonds. The fraction of sp³-hybridized carbons (Fsp3) is 1.00. The number of aliphatic hydroxyl groups is 2. The van der Waals surface area contributed by atoms with Gasteiger partial charge in [0, 0.05) is 0 Å². The summed E-state index contributed by atoms with van der Waals surface area (Å²) in [4.78, 5) is 0. The Labute approximate surface area is 102 Å². The van der Waals surface area contributed by atoms with E-state index in [2.05, 4.69) is 0 Å². The number of hydrogen-bond donors (Lipinski definition) is 2. The molecule has 0 aromatic heterocycles. The minimum atomic E-state index is -7.23. The van der Waals surface area contributed by atoms with E-state index < -0.39 is 42.6 Å². The highest BCUT2D eigenvalue weighted by molar-refractivity contribution is 5.14. The monoisotopic (exact) mass is 330 g/mol. The Bertz CT molecular complexity index is 346. The molecule has 1 atom stereocenters. The van der Waals surface area contributed by atoms with Crippen LogP contribution >= 0.6 is 0 Å². The lowest BCUT2D eigenvalue weighted by molar-refractivity contribution is -0.462. The standard InChI is InChI=1S/C7H5F11O2/c1-2(19,5(10,11)12)4(8,9)3(20,6(13,14)15)7(16,17)18/h19-20H,1H3. The molecule has 2 N–H and O–H groups in total. The van der Waals surface area contributed by atoms with E-state index >= 15 is 0 Å². The molecule has 0 spiro atoms. The largest absolute Gasteiger partial charge is 0.432 e. The summed E-state index contributed by atoms with van der Waals surface area (Å²) in [6.07, 6.45) is -21.0. The number of halogens is 11. The van der Waals surface area contributed by atoms with Gasteiger partial charge in [-0.05, 0) is 6.92 Å². The van der Waals surface area contributed by atoms with Crippen molar-refractivity contribution in [2.24, 2.45) is 0 Å².